The standard InChI is InChI=1S/C21H24N6/c1-3-7-19(8-4-1)25-21(26-12-5-2-6-13-26)24-16-18-9-10-20(23-15-18)27-14-11-22-17-27/h1,3-4,7-11,14-15,17H,2,5-6,12-13,16H2,(H,24,25). The summed E-state index contributed by atoms with van der Waals surface area (Å²) < 4.78 is 1.89. The van der Waals surface area contributed by atoms with Crippen LogP contribution < -0.4 is 5.32 Å². The monoisotopic (exact) mass is 360 g/mol. The average Bonchev–Trinajstić information content (AvgIpc) is 3.28. The van der Waals surface area contributed by atoms with Gasteiger partial charge in [-0.25, -0.2) is 15.0 Å². The second-order valence-electron chi connectivity index (χ2n) is 6.67. The number of likely N-dealkylation sites (tertiary alicyclic amines) is 1. The summed E-state index contributed by atoms with van der Waals surface area (Å²) in [6.45, 7) is 2.70. The molecule has 0 spiro atoms. The summed E-state index contributed by atoms with van der Waals surface area (Å²) in [7, 11) is 0. The van der Waals surface area contributed by atoms with Crippen molar-refractivity contribution in [3.63, 3.8) is 0 Å². The summed E-state index contributed by atoms with van der Waals surface area (Å²) in [4.78, 5) is 15.8. The third-order valence-corrected chi connectivity index (χ3v) is 4.67. The van der Waals surface area contributed by atoms with Crippen LogP contribution in [0.5, 0.6) is 0 Å². The van der Waals surface area contributed by atoms with Gasteiger partial charge in [0.05, 0.1) is 6.54 Å². The third-order valence-electron chi connectivity index (χ3n) is 4.67. The van der Waals surface area contributed by atoms with Crippen LogP contribution in [0.4, 0.5) is 5.69 Å². The van der Waals surface area contributed by atoms with Crippen LogP contribution in [0.15, 0.2) is 72.4 Å². The number of rotatable bonds is 4. The molecule has 1 aliphatic rings. The molecule has 1 fully saturated rings. The zero-order chi connectivity index (χ0) is 18.3. The predicted octanol–water partition coefficient (Wildman–Crippen LogP) is 3.72. The SMILES string of the molecule is c1ccc(NC(=NCc2ccc(-n3ccnc3)nc2)N2CCCCC2)cc1. The molecule has 6 heteroatoms. The molecular formula is C21H24N6. The minimum absolute atomic E-state index is 0.600. The van der Waals surface area contributed by atoms with Crippen LogP contribution in [0.2, 0.25) is 0 Å². The zero-order valence-electron chi connectivity index (χ0n) is 15.3. The molecule has 138 valence electrons. The molecule has 0 bridgehead atoms. The molecule has 0 aliphatic carbocycles. The summed E-state index contributed by atoms with van der Waals surface area (Å²) in [5, 5.41) is 3.50. The van der Waals surface area contributed by atoms with Gasteiger partial charge in [-0.1, -0.05) is 24.3 Å². The number of imidazole rings is 1. The number of hydrogen-bond donors (Lipinski definition) is 1. The highest BCUT2D eigenvalue weighted by atomic mass is 15.3. The Balaban J connectivity index is 1.49. The number of para-hydroxylation sites is 1. The van der Waals surface area contributed by atoms with Crippen LogP contribution in [0, 0.1) is 0 Å². The van der Waals surface area contributed by atoms with E-state index in [9.17, 15) is 0 Å². The normalized spacial score (nSPS) is 15.0. The quantitative estimate of drug-likeness (QED) is 0.569. The van der Waals surface area contributed by atoms with Gasteiger partial charge in [-0.15, -0.1) is 0 Å². The number of pyridine rings is 1. The number of aliphatic imine (C=N–C) groups is 1. The molecule has 0 unspecified atom stereocenters. The highest BCUT2D eigenvalue weighted by Crippen LogP contribution is 2.14. The van der Waals surface area contributed by atoms with Crippen LogP contribution in [0.25, 0.3) is 5.82 Å². The van der Waals surface area contributed by atoms with Gasteiger partial charge in [-0.05, 0) is 43.0 Å². The van der Waals surface area contributed by atoms with E-state index in [1.54, 1.807) is 12.5 Å². The number of anilines is 1. The van der Waals surface area contributed by atoms with Crippen LogP contribution in [0.3, 0.4) is 0 Å². The minimum atomic E-state index is 0.600. The predicted molar refractivity (Wildman–Crippen MR) is 108 cm³/mol. The van der Waals surface area contributed by atoms with Crippen LogP contribution in [0.1, 0.15) is 24.8 Å². The summed E-state index contributed by atoms with van der Waals surface area (Å²) in [6, 6.07) is 14.3. The summed E-state index contributed by atoms with van der Waals surface area (Å²) >= 11 is 0. The topological polar surface area (TPSA) is 58.3 Å². The first-order chi connectivity index (χ1) is 13.4. The molecular weight excluding hydrogens is 336 g/mol. The molecule has 1 aromatic carbocycles. The molecule has 0 atom stereocenters. The summed E-state index contributed by atoms with van der Waals surface area (Å²) in [5.74, 6) is 1.80. The highest BCUT2D eigenvalue weighted by molar-refractivity contribution is 5.93. The lowest BCUT2D eigenvalue weighted by Gasteiger charge is -2.30. The number of guanidine groups is 1. The Labute approximate surface area is 159 Å². The Morgan fingerprint density at radius 3 is 2.59 bits per heavy atom. The van der Waals surface area contributed by atoms with Gasteiger partial charge in [0.15, 0.2) is 5.96 Å². The maximum absolute atomic E-state index is 4.88. The lowest BCUT2D eigenvalue weighted by Crippen LogP contribution is -2.40. The van der Waals surface area contributed by atoms with E-state index in [1.807, 2.05) is 41.2 Å². The van der Waals surface area contributed by atoms with Gasteiger partial charge < -0.3 is 10.2 Å². The largest absolute Gasteiger partial charge is 0.343 e. The molecule has 6 nitrogen and oxygen atoms in total. The number of aromatic nitrogens is 3. The Morgan fingerprint density at radius 1 is 1.04 bits per heavy atom. The number of nitrogens with one attached hydrogen (secondary N) is 1. The molecule has 1 N–H and O–H groups in total. The molecule has 0 amide bonds. The van der Waals surface area contributed by atoms with Crippen molar-refractivity contribution in [2.24, 2.45) is 4.99 Å². The van der Waals surface area contributed by atoms with Crippen LogP contribution >= 0.6 is 0 Å². The number of piperidine rings is 1. The van der Waals surface area contributed by atoms with Crippen molar-refractivity contribution in [1.82, 2.24) is 19.4 Å². The molecule has 0 saturated carbocycles. The van der Waals surface area contributed by atoms with Gasteiger partial charge in [-0.3, -0.25) is 4.57 Å². The van der Waals surface area contributed by atoms with E-state index in [1.165, 1.54) is 19.3 Å². The fourth-order valence-electron chi connectivity index (χ4n) is 3.20. The van der Waals surface area contributed by atoms with Gasteiger partial charge in [0.1, 0.15) is 12.1 Å². The maximum Gasteiger partial charge on any atom is 0.198 e. The molecule has 1 aliphatic heterocycles. The molecule has 3 heterocycles. The van der Waals surface area contributed by atoms with E-state index >= 15 is 0 Å². The highest BCUT2D eigenvalue weighted by Gasteiger charge is 2.15. The number of hydrogen-bond acceptors (Lipinski definition) is 3. The Morgan fingerprint density at radius 2 is 1.89 bits per heavy atom. The van der Waals surface area contributed by atoms with E-state index in [0.717, 1.165) is 36.1 Å². The van der Waals surface area contributed by atoms with Crippen molar-refractivity contribution in [2.75, 3.05) is 18.4 Å². The van der Waals surface area contributed by atoms with E-state index in [4.69, 9.17) is 4.99 Å². The second kappa shape index (κ2) is 8.49. The number of nitrogens with zero attached hydrogens (tertiary/aromatic N) is 5. The van der Waals surface area contributed by atoms with Gasteiger partial charge in [0, 0.05) is 37.4 Å². The van der Waals surface area contributed by atoms with Crippen molar-refractivity contribution in [1.29, 1.82) is 0 Å². The summed E-state index contributed by atoms with van der Waals surface area (Å²) in [5.41, 5.74) is 2.15. The van der Waals surface area contributed by atoms with Gasteiger partial charge >= 0.3 is 0 Å². The zero-order valence-corrected chi connectivity index (χ0v) is 15.3. The van der Waals surface area contributed by atoms with Crippen molar-refractivity contribution in [2.45, 2.75) is 25.8 Å². The Kier molecular flexibility index (Phi) is 5.43. The first kappa shape index (κ1) is 17.3. The Bertz CT molecular complexity index is 849. The molecule has 27 heavy (non-hydrogen) atoms. The summed E-state index contributed by atoms with van der Waals surface area (Å²) in [6.07, 6.45) is 11.0. The van der Waals surface area contributed by atoms with Gasteiger partial charge in [0.2, 0.25) is 0 Å². The lowest BCUT2D eigenvalue weighted by molar-refractivity contribution is 0.340. The van der Waals surface area contributed by atoms with E-state index in [-0.39, 0.29) is 0 Å². The van der Waals surface area contributed by atoms with Crippen LogP contribution in [-0.4, -0.2) is 38.5 Å². The van der Waals surface area contributed by atoms with Crippen molar-refractivity contribution >= 4 is 11.6 Å². The first-order valence-electron chi connectivity index (χ1n) is 9.43. The van der Waals surface area contributed by atoms with E-state index in [0.29, 0.717) is 6.54 Å². The second-order valence-corrected chi connectivity index (χ2v) is 6.67. The maximum atomic E-state index is 4.88. The third kappa shape index (κ3) is 4.53. The van der Waals surface area contributed by atoms with Crippen molar-refractivity contribution in [3.8, 4) is 5.82 Å². The average molecular weight is 360 g/mol. The van der Waals surface area contributed by atoms with Gasteiger partial charge in [-0.2, -0.15) is 0 Å². The first-order valence-corrected chi connectivity index (χ1v) is 9.43. The van der Waals surface area contributed by atoms with E-state index < -0.39 is 0 Å². The van der Waals surface area contributed by atoms with Crippen LogP contribution in [-0.2, 0) is 6.54 Å². The molecule has 1 saturated heterocycles. The molecule has 0 radical (unpaired) electrons. The smallest absolute Gasteiger partial charge is 0.198 e. The Hall–Kier alpha value is -3.15. The van der Waals surface area contributed by atoms with Gasteiger partial charge in [0.25, 0.3) is 0 Å². The molecule has 4 rings (SSSR count). The molecule has 2 aromatic heterocycles. The van der Waals surface area contributed by atoms with Crippen molar-refractivity contribution < 1.29 is 0 Å². The fourth-order valence-corrected chi connectivity index (χ4v) is 3.20. The van der Waals surface area contributed by atoms with E-state index in [2.05, 4.69) is 38.4 Å². The lowest BCUT2D eigenvalue weighted by atomic mass is 10.1. The molecule has 3 aromatic rings. The fraction of sp³-hybridized carbons (Fsp3) is 0.286. The van der Waals surface area contributed by atoms with Crippen molar-refractivity contribution in [3.05, 3.63) is 72.9 Å². The minimum Gasteiger partial charge on any atom is -0.343 e. The number of benzene rings is 1.